The quantitative estimate of drug-likeness (QED) is 0.713. The van der Waals surface area contributed by atoms with Crippen LogP contribution in [0.2, 0.25) is 0 Å². The van der Waals surface area contributed by atoms with Crippen molar-refractivity contribution in [2.45, 2.75) is 58.8 Å². The number of halogens is 1. The lowest BCUT2D eigenvalue weighted by Gasteiger charge is -2.38. The highest BCUT2D eigenvalue weighted by Crippen LogP contribution is 2.41. The summed E-state index contributed by atoms with van der Waals surface area (Å²) in [5.41, 5.74) is 1.63. The van der Waals surface area contributed by atoms with Crippen molar-refractivity contribution in [3.63, 3.8) is 0 Å². The molecule has 4 atom stereocenters. The zero-order valence-electron chi connectivity index (χ0n) is 15.1. The average molecular weight is 347 g/mol. The van der Waals surface area contributed by atoms with Crippen LogP contribution in [0.15, 0.2) is 40.2 Å². The van der Waals surface area contributed by atoms with Gasteiger partial charge in [-0.3, -0.25) is 0 Å². The molecule has 3 rings (SSSR count). The largest absolute Gasteiger partial charge is 0.461 e. The Morgan fingerprint density at radius 1 is 1.40 bits per heavy atom. The van der Waals surface area contributed by atoms with Crippen molar-refractivity contribution in [3.8, 4) is 0 Å². The van der Waals surface area contributed by atoms with E-state index in [1.54, 1.807) is 19.1 Å². The van der Waals surface area contributed by atoms with E-state index in [-0.39, 0.29) is 36.1 Å². The van der Waals surface area contributed by atoms with Gasteiger partial charge in [0.05, 0.1) is 12.7 Å². The number of fused-ring (bicyclic) bond motifs is 1. The molecule has 0 amide bonds. The molecular weight excluding hydrogens is 321 g/mol. The molecule has 0 radical (unpaired) electrons. The molecule has 1 aliphatic carbocycles. The van der Waals surface area contributed by atoms with Crippen molar-refractivity contribution >= 4 is 11.7 Å². The standard InChI is InChI=1S/C20H26FNO3/c1-4-13-7-9-15-16(14-8-6-12(3)10-17(14)21)11-18(20(23)24-5-2)22-19(15)25-13/h8,10-13,15,19H,4-7,9H2,1-3H3. The Hall–Kier alpha value is -1.75. The fourth-order valence-electron chi connectivity index (χ4n) is 3.69. The maximum Gasteiger partial charge on any atom is 0.356 e. The summed E-state index contributed by atoms with van der Waals surface area (Å²) in [6, 6.07) is 0. The number of hydrogen-bond acceptors (Lipinski definition) is 4. The SMILES string of the molecule is CCOC(=O)C1=NC2OC(CC)CCC2C(C2=CCC(C)C=C2F)=C1. The van der Waals surface area contributed by atoms with Gasteiger partial charge in [-0.05, 0) is 56.3 Å². The zero-order chi connectivity index (χ0) is 18.0. The number of carbonyl (C=O) groups excluding carboxylic acids is 1. The summed E-state index contributed by atoms with van der Waals surface area (Å²) in [7, 11) is 0. The van der Waals surface area contributed by atoms with Gasteiger partial charge < -0.3 is 9.47 Å². The first-order valence-electron chi connectivity index (χ1n) is 9.23. The van der Waals surface area contributed by atoms with Gasteiger partial charge in [0.2, 0.25) is 0 Å². The maximum absolute atomic E-state index is 14.6. The zero-order valence-corrected chi connectivity index (χ0v) is 15.1. The summed E-state index contributed by atoms with van der Waals surface area (Å²) in [4.78, 5) is 16.7. The molecule has 0 aromatic rings. The van der Waals surface area contributed by atoms with Crippen LogP contribution in [0.3, 0.4) is 0 Å². The average Bonchev–Trinajstić information content (AvgIpc) is 2.60. The summed E-state index contributed by atoms with van der Waals surface area (Å²) < 4.78 is 25.8. The van der Waals surface area contributed by atoms with E-state index < -0.39 is 12.2 Å². The molecule has 0 N–H and O–H groups in total. The van der Waals surface area contributed by atoms with E-state index >= 15 is 0 Å². The number of dihydropyridines is 1. The summed E-state index contributed by atoms with van der Waals surface area (Å²) in [5, 5.41) is 0. The molecule has 0 bridgehead atoms. The van der Waals surface area contributed by atoms with E-state index in [9.17, 15) is 9.18 Å². The van der Waals surface area contributed by atoms with Gasteiger partial charge in [-0.1, -0.05) is 19.9 Å². The monoisotopic (exact) mass is 347 g/mol. The number of aliphatic imine (C=N–C) groups is 1. The van der Waals surface area contributed by atoms with Crippen molar-refractivity contribution in [3.05, 3.63) is 35.2 Å². The third-order valence-electron chi connectivity index (χ3n) is 5.07. The highest BCUT2D eigenvalue weighted by Gasteiger charge is 2.38. The predicted octanol–water partition coefficient (Wildman–Crippen LogP) is 4.28. The first-order valence-corrected chi connectivity index (χ1v) is 9.23. The minimum atomic E-state index is -0.477. The second-order valence-electron chi connectivity index (χ2n) is 6.92. The lowest BCUT2D eigenvalue weighted by atomic mass is 9.79. The summed E-state index contributed by atoms with van der Waals surface area (Å²) in [6.45, 7) is 6.11. The Morgan fingerprint density at radius 2 is 2.20 bits per heavy atom. The van der Waals surface area contributed by atoms with Gasteiger partial charge in [-0.2, -0.15) is 0 Å². The Labute approximate surface area is 148 Å². The summed E-state index contributed by atoms with van der Waals surface area (Å²) in [5.74, 6) is -0.518. The molecule has 0 saturated carbocycles. The van der Waals surface area contributed by atoms with E-state index in [0.717, 1.165) is 31.3 Å². The molecular formula is C20H26FNO3. The van der Waals surface area contributed by atoms with Gasteiger partial charge in [0.1, 0.15) is 11.5 Å². The first kappa shape index (κ1) is 18.1. The molecule has 0 aromatic heterocycles. The van der Waals surface area contributed by atoms with Crippen LogP contribution in [-0.2, 0) is 14.3 Å². The normalized spacial score (nSPS) is 32.0. The van der Waals surface area contributed by atoms with Gasteiger partial charge >= 0.3 is 5.97 Å². The number of rotatable bonds is 4. The number of hydrogen-bond donors (Lipinski definition) is 0. The van der Waals surface area contributed by atoms with Gasteiger partial charge in [0.25, 0.3) is 0 Å². The van der Waals surface area contributed by atoms with Crippen molar-refractivity contribution in [2.75, 3.05) is 6.61 Å². The number of nitrogens with zero attached hydrogens (tertiary/aromatic N) is 1. The van der Waals surface area contributed by atoms with Crippen LogP contribution >= 0.6 is 0 Å². The Balaban J connectivity index is 1.95. The van der Waals surface area contributed by atoms with E-state index in [4.69, 9.17) is 9.47 Å². The highest BCUT2D eigenvalue weighted by molar-refractivity contribution is 6.41. The van der Waals surface area contributed by atoms with E-state index in [0.29, 0.717) is 5.57 Å². The lowest BCUT2D eigenvalue weighted by Crippen LogP contribution is -2.39. The van der Waals surface area contributed by atoms with Gasteiger partial charge in [-0.25, -0.2) is 14.2 Å². The molecule has 25 heavy (non-hydrogen) atoms. The molecule has 1 fully saturated rings. The third kappa shape index (κ3) is 3.76. The highest BCUT2D eigenvalue weighted by atomic mass is 19.1. The van der Waals surface area contributed by atoms with Crippen molar-refractivity contribution < 1.29 is 18.7 Å². The molecule has 0 spiro atoms. The Kier molecular flexibility index (Phi) is 5.52. The molecule has 3 aliphatic rings. The van der Waals surface area contributed by atoms with Crippen LogP contribution in [-0.4, -0.2) is 30.6 Å². The minimum Gasteiger partial charge on any atom is -0.461 e. The number of ether oxygens (including phenoxy) is 2. The van der Waals surface area contributed by atoms with Crippen LogP contribution in [0, 0.1) is 11.8 Å². The molecule has 4 unspecified atom stereocenters. The molecule has 0 aromatic carbocycles. The fourth-order valence-corrected chi connectivity index (χ4v) is 3.69. The van der Waals surface area contributed by atoms with E-state index in [1.807, 2.05) is 13.0 Å². The lowest BCUT2D eigenvalue weighted by molar-refractivity contribution is -0.135. The Morgan fingerprint density at radius 3 is 2.88 bits per heavy atom. The minimum absolute atomic E-state index is 0.0141. The molecule has 2 heterocycles. The maximum atomic E-state index is 14.6. The number of carbonyl (C=O) groups is 1. The molecule has 5 heteroatoms. The molecule has 2 aliphatic heterocycles. The van der Waals surface area contributed by atoms with Gasteiger partial charge in [0.15, 0.2) is 6.23 Å². The Bertz CT molecular complexity index is 662. The van der Waals surface area contributed by atoms with Crippen LogP contribution in [0.1, 0.15) is 46.5 Å². The van der Waals surface area contributed by atoms with E-state index in [1.165, 1.54) is 0 Å². The van der Waals surface area contributed by atoms with Crippen molar-refractivity contribution in [1.29, 1.82) is 0 Å². The topological polar surface area (TPSA) is 47.9 Å². The van der Waals surface area contributed by atoms with Gasteiger partial charge in [0, 0.05) is 11.5 Å². The van der Waals surface area contributed by atoms with Crippen LogP contribution in [0.5, 0.6) is 0 Å². The molecule has 136 valence electrons. The molecule has 4 nitrogen and oxygen atoms in total. The second kappa shape index (κ2) is 7.65. The smallest absolute Gasteiger partial charge is 0.356 e. The second-order valence-corrected chi connectivity index (χ2v) is 6.92. The van der Waals surface area contributed by atoms with Crippen molar-refractivity contribution in [2.24, 2.45) is 16.8 Å². The van der Waals surface area contributed by atoms with Crippen LogP contribution < -0.4 is 0 Å². The number of esters is 1. The first-order chi connectivity index (χ1) is 12.0. The summed E-state index contributed by atoms with van der Waals surface area (Å²) >= 11 is 0. The number of allylic oxidation sites excluding steroid dienone is 4. The van der Waals surface area contributed by atoms with Crippen molar-refractivity contribution in [1.82, 2.24) is 0 Å². The van der Waals surface area contributed by atoms with Crippen LogP contribution in [0.4, 0.5) is 4.39 Å². The van der Waals surface area contributed by atoms with Crippen LogP contribution in [0.25, 0.3) is 0 Å². The van der Waals surface area contributed by atoms with Gasteiger partial charge in [-0.15, -0.1) is 0 Å². The summed E-state index contributed by atoms with van der Waals surface area (Å²) in [6.07, 6.45) is 8.48. The predicted molar refractivity (Wildman–Crippen MR) is 94.9 cm³/mol. The third-order valence-corrected chi connectivity index (χ3v) is 5.07. The van der Waals surface area contributed by atoms with E-state index in [2.05, 4.69) is 11.9 Å². The molecule has 1 saturated heterocycles. The fraction of sp³-hybridized carbons (Fsp3) is 0.600.